The zero-order valence-electron chi connectivity index (χ0n) is 9.52. The van der Waals surface area contributed by atoms with E-state index in [2.05, 4.69) is 4.74 Å². The molecule has 1 aromatic carbocycles. The van der Waals surface area contributed by atoms with Gasteiger partial charge in [-0.15, -0.1) is 0 Å². The number of carbonyl (C=O) groups is 1. The number of benzene rings is 1. The van der Waals surface area contributed by atoms with Gasteiger partial charge in [0, 0.05) is 0 Å². The van der Waals surface area contributed by atoms with Crippen LogP contribution in [-0.2, 0) is 19.9 Å². The Morgan fingerprint density at radius 3 is 2.81 bits per heavy atom. The topological polar surface area (TPSA) is 48.1 Å². The van der Waals surface area contributed by atoms with Gasteiger partial charge < -0.3 is 14.2 Å². The van der Waals surface area contributed by atoms with Gasteiger partial charge in [-0.1, -0.05) is 12.1 Å². The van der Waals surface area contributed by atoms with Crippen LogP contribution in [0.15, 0.2) is 24.3 Å². The summed E-state index contributed by atoms with van der Waals surface area (Å²) in [6.45, 7) is 1.86. The summed E-state index contributed by atoms with van der Waals surface area (Å²) in [7, 11) is 2.96. The number of esters is 1. The molecule has 4 heteroatoms. The average Bonchev–Trinajstić information content (AvgIpc) is 3.02. The first-order valence-electron chi connectivity index (χ1n) is 5.02. The van der Waals surface area contributed by atoms with Gasteiger partial charge >= 0.3 is 5.97 Å². The first-order chi connectivity index (χ1) is 7.61. The van der Waals surface area contributed by atoms with Crippen molar-refractivity contribution in [3.05, 3.63) is 29.8 Å². The second kappa shape index (κ2) is 3.79. The summed E-state index contributed by atoms with van der Waals surface area (Å²) in [5.41, 5.74) is 0.337. The minimum Gasteiger partial charge on any atom is -0.497 e. The third kappa shape index (κ3) is 1.65. The maximum Gasteiger partial charge on any atom is 0.338 e. The highest BCUT2D eigenvalue weighted by molar-refractivity contribution is 5.79. The molecule has 0 radical (unpaired) electrons. The minimum atomic E-state index is -0.582. The van der Waals surface area contributed by atoms with E-state index in [1.54, 1.807) is 7.11 Å². The van der Waals surface area contributed by atoms with Gasteiger partial charge in [-0.3, -0.25) is 0 Å². The van der Waals surface area contributed by atoms with Crippen molar-refractivity contribution >= 4 is 5.97 Å². The van der Waals surface area contributed by atoms with Gasteiger partial charge in [0.2, 0.25) is 0 Å². The summed E-state index contributed by atoms with van der Waals surface area (Å²) in [6.07, 6.45) is -0.510. The van der Waals surface area contributed by atoms with Gasteiger partial charge in [0.15, 0.2) is 6.10 Å². The molecular formula is C12H14O4. The summed E-state index contributed by atoms with van der Waals surface area (Å²) in [6, 6.07) is 7.49. The molecule has 2 unspecified atom stereocenters. The van der Waals surface area contributed by atoms with Crippen molar-refractivity contribution < 1.29 is 19.0 Å². The van der Waals surface area contributed by atoms with Gasteiger partial charge in [0.25, 0.3) is 0 Å². The van der Waals surface area contributed by atoms with Crippen LogP contribution >= 0.6 is 0 Å². The predicted octanol–water partition coefficient (Wildman–Crippen LogP) is 1.48. The second-order valence-corrected chi connectivity index (χ2v) is 3.86. The SMILES string of the molecule is COC(=O)C1OC1(C)c1cccc(OC)c1. The van der Waals surface area contributed by atoms with E-state index in [9.17, 15) is 4.79 Å². The lowest BCUT2D eigenvalue weighted by molar-refractivity contribution is -0.142. The summed E-state index contributed by atoms with van der Waals surface area (Å²) in [5, 5.41) is 0. The largest absolute Gasteiger partial charge is 0.497 e. The van der Waals surface area contributed by atoms with Crippen molar-refractivity contribution in [2.75, 3.05) is 14.2 Å². The highest BCUT2D eigenvalue weighted by Gasteiger charge is 2.59. The molecule has 1 saturated heterocycles. The molecule has 4 nitrogen and oxygen atoms in total. The van der Waals surface area contributed by atoms with Crippen molar-refractivity contribution in [1.82, 2.24) is 0 Å². The number of epoxide rings is 1. The van der Waals surface area contributed by atoms with Crippen molar-refractivity contribution in [3.63, 3.8) is 0 Å². The molecule has 1 fully saturated rings. The van der Waals surface area contributed by atoms with E-state index >= 15 is 0 Å². The van der Waals surface area contributed by atoms with Crippen LogP contribution in [0.4, 0.5) is 0 Å². The minimum absolute atomic E-state index is 0.342. The van der Waals surface area contributed by atoms with E-state index in [4.69, 9.17) is 9.47 Å². The zero-order chi connectivity index (χ0) is 11.8. The van der Waals surface area contributed by atoms with E-state index < -0.39 is 11.7 Å². The normalized spacial score (nSPS) is 27.3. The monoisotopic (exact) mass is 222 g/mol. The Morgan fingerprint density at radius 2 is 2.19 bits per heavy atom. The maximum absolute atomic E-state index is 11.3. The van der Waals surface area contributed by atoms with Crippen molar-refractivity contribution in [3.8, 4) is 5.75 Å². The van der Waals surface area contributed by atoms with E-state index in [0.29, 0.717) is 0 Å². The number of carbonyl (C=O) groups excluding carboxylic acids is 1. The Hall–Kier alpha value is -1.55. The van der Waals surface area contributed by atoms with E-state index in [1.807, 2.05) is 31.2 Å². The fourth-order valence-electron chi connectivity index (χ4n) is 1.74. The molecule has 2 rings (SSSR count). The van der Waals surface area contributed by atoms with Crippen molar-refractivity contribution in [2.24, 2.45) is 0 Å². The van der Waals surface area contributed by atoms with Gasteiger partial charge in [-0.25, -0.2) is 4.79 Å². The van der Waals surface area contributed by atoms with Crippen LogP contribution in [0.1, 0.15) is 12.5 Å². The van der Waals surface area contributed by atoms with Gasteiger partial charge in [0.1, 0.15) is 11.4 Å². The summed E-state index contributed by atoms with van der Waals surface area (Å²) >= 11 is 0. The first kappa shape index (κ1) is 11.0. The standard InChI is InChI=1S/C12H14O4/c1-12(10(16-12)11(13)15-3)8-5-4-6-9(7-8)14-2/h4-7,10H,1-3H3. The van der Waals surface area contributed by atoms with Crippen LogP contribution in [-0.4, -0.2) is 26.3 Å². The lowest BCUT2D eigenvalue weighted by Gasteiger charge is -2.08. The number of hydrogen-bond donors (Lipinski definition) is 0. The number of rotatable bonds is 3. The quantitative estimate of drug-likeness (QED) is 0.574. The molecule has 0 bridgehead atoms. The Bertz CT molecular complexity index is 415. The molecule has 16 heavy (non-hydrogen) atoms. The summed E-state index contributed by atoms with van der Waals surface area (Å²) in [4.78, 5) is 11.3. The summed E-state index contributed by atoms with van der Waals surface area (Å²) in [5.74, 6) is 0.406. The van der Waals surface area contributed by atoms with E-state index in [1.165, 1.54) is 7.11 Å². The van der Waals surface area contributed by atoms with Crippen LogP contribution in [0.25, 0.3) is 0 Å². The molecule has 0 N–H and O–H groups in total. The number of hydrogen-bond acceptors (Lipinski definition) is 4. The molecule has 0 saturated carbocycles. The molecule has 0 aliphatic carbocycles. The third-order valence-corrected chi connectivity index (χ3v) is 2.86. The zero-order valence-corrected chi connectivity index (χ0v) is 9.52. The maximum atomic E-state index is 11.3. The molecule has 0 spiro atoms. The fourth-order valence-corrected chi connectivity index (χ4v) is 1.74. The number of methoxy groups -OCH3 is 2. The lowest BCUT2D eigenvalue weighted by Crippen LogP contribution is -2.17. The highest BCUT2D eigenvalue weighted by atomic mass is 16.6. The Kier molecular flexibility index (Phi) is 2.59. The smallest absolute Gasteiger partial charge is 0.338 e. The van der Waals surface area contributed by atoms with E-state index in [-0.39, 0.29) is 5.97 Å². The van der Waals surface area contributed by atoms with Crippen LogP contribution in [0, 0.1) is 0 Å². The molecule has 86 valence electrons. The van der Waals surface area contributed by atoms with Crippen molar-refractivity contribution in [2.45, 2.75) is 18.6 Å². The lowest BCUT2D eigenvalue weighted by atomic mass is 9.97. The van der Waals surface area contributed by atoms with Crippen LogP contribution < -0.4 is 4.74 Å². The molecule has 1 aliphatic rings. The fraction of sp³-hybridized carbons (Fsp3) is 0.417. The average molecular weight is 222 g/mol. The molecule has 1 heterocycles. The predicted molar refractivity (Wildman–Crippen MR) is 57.2 cm³/mol. The van der Waals surface area contributed by atoms with Crippen LogP contribution in [0.3, 0.4) is 0 Å². The van der Waals surface area contributed by atoms with Gasteiger partial charge in [-0.05, 0) is 24.6 Å². The molecule has 1 aromatic rings. The molecule has 0 amide bonds. The Labute approximate surface area is 94.1 Å². The van der Waals surface area contributed by atoms with Gasteiger partial charge in [0.05, 0.1) is 14.2 Å². The molecule has 1 aliphatic heterocycles. The van der Waals surface area contributed by atoms with Crippen LogP contribution in [0.5, 0.6) is 5.75 Å². The molecule has 0 aromatic heterocycles. The van der Waals surface area contributed by atoms with Crippen molar-refractivity contribution in [1.29, 1.82) is 0 Å². The van der Waals surface area contributed by atoms with Crippen LogP contribution in [0.2, 0.25) is 0 Å². The highest BCUT2D eigenvalue weighted by Crippen LogP contribution is 2.47. The Balaban J connectivity index is 2.22. The second-order valence-electron chi connectivity index (χ2n) is 3.86. The van der Waals surface area contributed by atoms with Gasteiger partial charge in [-0.2, -0.15) is 0 Å². The number of ether oxygens (including phenoxy) is 3. The first-order valence-corrected chi connectivity index (χ1v) is 5.02. The summed E-state index contributed by atoms with van der Waals surface area (Å²) < 4.78 is 15.2. The third-order valence-electron chi connectivity index (χ3n) is 2.86. The van der Waals surface area contributed by atoms with E-state index in [0.717, 1.165) is 11.3 Å². The molecule has 2 atom stereocenters. The molecular weight excluding hydrogens is 208 g/mol. The Morgan fingerprint density at radius 1 is 1.44 bits per heavy atom.